The molecule has 0 saturated carbocycles. The van der Waals surface area contributed by atoms with E-state index < -0.39 is 0 Å². The third-order valence-corrected chi connectivity index (χ3v) is 9.29. The lowest BCUT2D eigenvalue weighted by Gasteiger charge is -2.28. The summed E-state index contributed by atoms with van der Waals surface area (Å²) in [5, 5.41) is 0. The van der Waals surface area contributed by atoms with Crippen molar-refractivity contribution < 1.29 is 9.59 Å². The fourth-order valence-electron chi connectivity index (χ4n) is 5.57. The van der Waals surface area contributed by atoms with Crippen LogP contribution in [0.3, 0.4) is 0 Å². The summed E-state index contributed by atoms with van der Waals surface area (Å²) in [7, 11) is 0. The summed E-state index contributed by atoms with van der Waals surface area (Å²) in [5.41, 5.74) is 8.33. The molecule has 0 aliphatic heterocycles. The van der Waals surface area contributed by atoms with Gasteiger partial charge in [-0.05, 0) is 82.1 Å². The smallest absolute Gasteiger partial charge is 0.197 e. The second-order valence-corrected chi connectivity index (χ2v) is 14.6. The van der Waals surface area contributed by atoms with Crippen molar-refractivity contribution in [3.8, 4) is 10.4 Å². The Kier molecular flexibility index (Phi) is 7.51. The van der Waals surface area contributed by atoms with Crippen LogP contribution >= 0.6 is 11.3 Å². The zero-order valence-corrected chi connectivity index (χ0v) is 27.0. The number of nitrogens with zero attached hydrogens (tertiary/aromatic N) is 1. The predicted molar refractivity (Wildman–Crippen MR) is 185 cm³/mol. The molecule has 0 fully saturated rings. The Bertz CT molecular complexity index is 1780. The largest absolute Gasteiger partial charge is 0.311 e. The molecule has 5 aromatic rings. The summed E-state index contributed by atoms with van der Waals surface area (Å²) in [6.45, 7) is 13.4. The Labute approximate surface area is 264 Å². The van der Waals surface area contributed by atoms with E-state index in [2.05, 4.69) is 125 Å². The van der Waals surface area contributed by atoms with Gasteiger partial charge in [-0.15, -0.1) is 11.3 Å². The first-order valence-corrected chi connectivity index (χ1v) is 15.8. The third kappa shape index (κ3) is 5.70. The van der Waals surface area contributed by atoms with Crippen LogP contribution in [0.1, 0.15) is 78.3 Å². The van der Waals surface area contributed by atoms with Crippen molar-refractivity contribution in [2.45, 2.75) is 52.4 Å². The molecule has 0 N–H and O–H groups in total. The van der Waals surface area contributed by atoms with Crippen molar-refractivity contribution in [2.75, 3.05) is 4.90 Å². The summed E-state index contributed by atoms with van der Waals surface area (Å²) in [5.74, 6) is -0.396. The maximum atomic E-state index is 12.9. The van der Waals surface area contributed by atoms with Crippen LogP contribution in [-0.2, 0) is 10.8 Å². The first-order chi connectivity index (χ1) is 20.9. The van der Waals surface area contributed by atoms with Crippen molar-refractivity contribution in [2.24, 2.45) is 0 Å². The predicted octanol–water partition coefficient (Wildman–Crippen LogP) is 10.9. The fourth-order valence-corrected chi connectivity index (χ4v) is 6.53. The molecule has 4 heteroatoms. The Morgan fingerprint density at radius 3 is 1.41 bits per heavy atom. The van der Waals surface area contributed by atoms with E-state index in [1.165, 1.54) is 11.1 Å². The van der Waals surface area contributed by atoms with Crippen molar-refractivity contribution in [3.63, 3.8) is 0 Å². The van der Waals surface area contributed by atoms with Gasteiger partial charge in [-0.25, -0.2) is 0 Å². The second-order valence-electron chi connectivity index (χ2n) is 13.4. The number of hydrogen-bond acceptors (Lipinski definition) is 4. The molecule has 1 aromatic heterocycles. The van der Waals surface area contributed by atoms with Gasteiger partial charge >= 0.3 is 0 Å². The van der Waals surface area contributed by atoms with E-state index in [1.807, 2.05) is 6.07 Å². The minimum Gasteiger partial charge on any atom is -0.311 e. The lowest BCUT2D eigenvalue weighted by molar-refractivity contribution is 0.0990. The summed E-state index contributed by atoms with van der Waals surface area (Å²) >= 11 is 1.58. The average Bonchev–Trinajstić information content (AvgIpc) is 3.56. The number of Topliss-reactive ketones (excluding diaryl/α,β-unsaturated/α-hetero) is 2. The van der Waals surface area contributed by atoms with Gasteiger partial charge in [-0.3, -0.25) is 9.59 Å². The highest BCUT2D eigenvalue weighted by Crippen LogP contribution is 2.39. The Morgan fingerprint density at radius 2 is 0.977 bits per heavy atom. The summed E-state index contributed by atoms with van der Waals surface area (Å²) in [6, 6.07) is 37.4. The average molecular weight is 596 g/mol. The van der Waals surface area contributed by atoms with E-state index >= 15 is 0 Å². The van der Waals surface area contributed by atoms with Gasteiger partial charge in [0.25, 0.3) is 0 Å². The number of allylic oxidation sites excluding steroid dienone is 1. The van der Waals surface area contributed by atoms with Gasteiger partial charge in [0.1, 0.15) is 0 Å². The van der Waals surface area contributed by atoms with Gasteiger partial charge in [0, 0.05) is 37.9 Å². The van der Waals surface area contributed by atoms with E-state index in [4.69, 9.17) is 0 Å². The van der Waals surface area contributed by atoms with E-state index in [1.54, 1.807) is 41.7 Å². The van der Waals surface area contributed by atoms with Gasteiger partial charge in [0.2, 0.25) is 0 Å². The topological polar surface area (TPSA) is 37.4 Å². The minimum atomic E-state index is -0.198. The molecular weight excluding hydrogens is 559 g/mol. The summed E-state index contributed by atoms with van der Waals surface area (Å²) in [4.78, 5) is 30.0. The number of ketones is 2. The molecule has 44 heavy (non-hydrogen) atoms. The highest BCUT2D eigenvalue weighted by Gasteiger charge is 2.32. The van der Waals surface area contributed by atoms with Crippen LogP contribution in [0.2, 0.25) is 0 Å². The molecule has 0 amide bonds. The van der Waals surface area contributed by atoms with Crippen molar-refractivity contribution >= 4 is 46.0 Å². The molecule has 0 unspecified atom stereocenters. The van der Waals surface area contributed by atoms with E-state index in [0.717, 1.165) is 32.4 Å². The number of anilines is 3. The van der Waals surface area contributed by atoms with E-state index in [0.29, 0.717) is 11.1 Å². The first kappa shape index (κ1) is 29.5. The number of fused-ring (bicyclic) bond motifs is 1. The standard InChI is InChI=1S/C40H37NO2S/c1-39(2,3)27-13-19-30(20-14-27)41(31-21-15-28(16-22-31)40(4,5)6)29-17-11-26(12-18-29)36-24-23-32(44-36)25-35-37(42)33-9-7-8-10-34(33)38(35)43/h7-25H,1-6H3. The molecule has 1 aliphatic rings. The zero-order valence-electron chi connectivity index (χ0n) is 26.1. The zero-order chi connectivity index (χ0) is 31.2. The quantitative estimate of drug-likeness (QED) is 0.150. The number of hydrogen-bond donors (Lipinski definition) is 0. The Hall–Kier alpha value is -4.54. The molecule has 1 heterocycles. The Morgan fingerprint density at radius 1 is 0.545 bits per heavy atom. The summed E-state index contributed by atoms with van der Waals surface area (Å²) < 4.78 is 0. The van der Waals surface area contributed by atoms with Crippen LogP contribution in [0.15, 0.2) is 115 Å². The van der Waals surface area contributed by atoms with Crippen LogP contribution < -0.4 is 4.90 Å². The van der Waals surface area contributed by atoms with Crippen LogP contribution in [0.25, 0.3) is 16.5 Å². The van der Waals surface area contributed by atoms with Crippen LogP contribution in [0, 0.1) is 0 Å². The number of carbonyl (C=O) groups excluding carboxylic acids is 2. The van der Waals surface area contributed by atoms with Crippen molar-refractivity contribution in [3.05, 3.63) is 142 Å². The number of benzene rings is 4. The molecule has 0 spiro atoms. The SMILES string of the molecule is CC(C)(C)c1ccc(N(c2ccc(-c3ccc(C=C4C(=O)c5ccccc5C4=O)s3)cc2)c2ccc(C(C)(C)C)cc2)cc1. The molecule has 0 saturated heterocycles. The van der Waals surface area contributed by atoms with E-state index in [9.17, 15) is 9.59 Å². The van der Waals surface area contributed by atoms with Crippen molar-refractivity contribution in [1.82, 2.24) is 0 Å². The van der Waals surface area contributed by atoms with Gasteiger partial charge in [0.15, 0.2) is 11.6 Å². The lowest BCUT2D eigenvalue weighted by Crippen LogP contribution is -2.14. The molecule has 4 aromatic carbocycles. The molecule has 6 rings (SSSR count). The highest BCUT2D eigenvalue weighted by atomic mass is 32.1. The molecule has 0 bridgehead atoms. The number of carbonyl (C=O) groups is 2. The van der Waals surface area contributed by atoms with Gasteiger partial charge in [-0.2, -0.15) is 0 Å². The third-order valence-electron chi connectivity index (χ3n) is 8.21. The van der Waals surface area contributed by atoms with Gasteiger partial charge in [-0.1, -0.05) is 102 Å². The van der Waals surface area contributed by atoms with Crippen LogP contribution in [0.5, 0.6) is 0 Å². The molecular formula is C40H37NO2S. The normalized spacial score (nSPS) is 13.3. The number of rotatable bonds is 5. The van der Waals surface area contributed by atoms with Gasteiger partial charge < -0.3 is 4.90 Å². The first-order valence-electron chi connectivity index (χ1n) is 15.0. The Balaban J connectivity index is 1.31. The maximum absolute atomic E-state index is 12.9. The van der Waals surface area contributed by atoms with E-state index in [-0.39, 0.29) is 28.0 Å². The monoisotopic (exact) mass is 595 g/mol. The number of thiophene rings is 1. The molecule has 220 valence electrons. The maximum Gasteiger partial charge on any atom is 0.197 e. The van der Waals surface area contributed by atoms with Crippen LogP contribution in [0.4, 0.5) is 17.1 Å². The van der Waals surface area contributed by atoms with Gasteiger partial charge in [0.05, 0.1) is 5.57 Å². The molecule has 1 aliphatic carbocycles. The molecule has 0 atom stereocenters. The fraction of sp³-hybridized carbons (Fsp3) is 0.200. The summed E-state index contributed by atoms with van der Waals surface area (Å²) in [6.07, 6.45) is 1.73. The van der Waals surface area contributed by atoms with Crippen LogP contribution in [-0.4, -0.2) is 11.6 Å². The highest BCUT2D eigenvalue weighted by molar-refractivity contribution is 7.16. The second kappa shape index (κ2) is 11.2. The lowest BCUT2D eigenvalue weighted by atomic mass is 9.86. The van der Waals surface area contributed by atoms with Crippen molar-refractivity contribution in [1.29, 1.82) is 0 Å². The molecule has 0 radical (unpaired) electrons. The minimum absolute atomic E-state index is 0.0805. The molecule has 3 nitrogen and oxygen atoms in total.